The zero-order valence-corrected chi connectivity index (χ0v) is 25.4. The number of carbonyl (C=O) groups excluding carboxylic acids is 3. The molecule has 1 aliphatic heterocycles. The molecule has 1 aromatic rings. The van der Waals surface area contributed by atoms with Crippen LogP contribution < -0.4 is 20.5 Å². The number of nitrogens with one attached hydrogen (secondary N) is 1. The number of ether oxygens (including phenoxy) is 2. The molecule has 238 valence electrons. The van der Waals surface area contributed by atoms with E-state index in [1.807, 2.05) is 37.2 Å². The van der Waals surface area contributed by atoms with Crippen LogP contribution >= 0.6 is 0 Å². The zero-order valence-electron chi connectivity index (χ0n) is 25.4. The van der Waals surface area contributed by atoms with Crippen molar-refractivity contribution in [2.45, 2.75) is 43.0 Å². The van der Waals surface area contributed by atoms with E-state index in [-0.39, 0.29) is 42.5 Å². The summed E-state index contributed by atoms with van der Waals surface area (Å²) in [6.07, 6.45) is 0.837. The number of fused-ring (bicyclic) bond motifs is 5. The Kier molecular flexibility index (Phi) is 6.26. The molecule has 1 heterocycles. The number of aliphatic hydroxyl groups excluding tert-OH is 3. The first kappa shape index (κ1) is 29.4. The summed E-state index contributed by atoms with van der Waals surface area (Å²) in [5.74, 6) is -5.34. The molecular weight excluding hydrogens is 584 g/mol. The van der Waals surface area contributed by atoms with E-state index in [1.54, 1.807) is 14.1 Å². The molecule has 2 saturated carbocycles. The molecule has 0 bridgehead atoms. The maximum Gasteiger partial charge on any atom is 0.255 e. The first-order valence-corrected chi connectivity index (χ1v) is 14.9. The summed E-state index contributed by atoms with van der Waals surface area (Å²) in [6, 6.07) is 4.45. The van der Waals surface area contributed by atoms with Crippen LogP contribution in [-0.4, -0.2) is 99.9 Å². The molecule has 7 rings (SSSR count). The Morgan fingerprint density at radius 3 is 2.47 bits per heavy atom. The third kappa shape index (κ3) is 3.80. The summed E-state index contributed by atoms with van der Waals surface area (Å²) in [4.78, 5) is 43.3. The molecule has 6 aliphatic rings. The van der Waals surface area contributed by atoms with Gasteiger partial charge in [-0.3, -0.25) is 19.3 Å². The van der Waals surface area contributed by atoms with Gasteiger partial charge in [0.25, 0.3) is 5.91 Å². The van der Waals surface area contributed by atoms with E-state index < -0.39 is 63.6 Å². The summed E-state index contributed by atoms with van der Waals surface area (Å²) >= 11 is 0. The number of hydrogen-bond donors (Lipinski definition) is 6. The van der Waals surface area contributed by atoms with E-state index in [1.165, 1.54) is 4.90 Å². The monoisotopic (exact) mass is 620 g/mol. The topological polar surface area (TPSA) is 195 Å². The fraction of sp³-hybridized carbons (Fsp3) is 0.469. The summed E-state index contributed by atoms with van der Waals surface area (Å²) < 4.78 is 10.9. The maximum absolute atomic E-state index is 14.2. The molecule has 7 N–H and O–H groups in total. The van der Waals surface area contributed by atoms with Crippen LogP contribution in [-0.2, 0) is 20.9 Å². The number of carbonyl (C=O) groups is 3. The molecule has 1 aromatic carbocycles. The van der Waals surface area contributed by atoms with Gasteiger partial charge in [-0.05, 0) is 62.5 Å². The number of nitrogens with zero attached hydrogens (tertiary/aromatic N) is 2. The van der Waals surface area contributed by atoms with E-state index in [0.29, 0.717) is 30.0 Å². The van der Waals surface area contributed by atoms with Crippen LogP contribution in [0.1, 0.15) is 24.8 Å². The zero-order chi connectivity index (χ0) is 32.3. The quantitative estimate of drug-likeness (QED) is 0.246. The highest BCUT2D eigenvalue weighted by atomic mass is 16.7. The number of ketones is 2. The van der Waals surface area contributed by atoms with Crippen LogP contribution in [0.4, 0.5) is 0 Å². The number of nitrogens with two attached hydrogens (primary N) is 1. The Hall–Kier alpha value is -4.33. The van der Waals surface area contributed by atoms with E-state index >= 15 is 0 Å². The van der Waals surface area contributed by atoms with Crippen LogP contribution in [0.3, 0.4) is 0 Å². The number of Topliss-reactive ketones (excluding diaryl/α,β-unsaturated/α-hetero) is 2. The van der Waals surface area contributed by atoms with Gasteiger partial charge in [0.15, 0.2) is 22.9 Å². The maximum atomic E-state index is 14.2. The number of rotatable bonds is 6. The van der Waals surface area contributed by atoms with Crippen molar-refractivity contribution >= 4 is 17.5 Å². The first-order valence-electron chi connectivity index (χ1n) is 14.9. The highest BCUT2D eigenvalue weighted by Crippen LogP contribution is 2.62. The lowest BCUT2D eigenvalue weighted by molar-refractivity contribution is -0.154. The minimum Gasteiger partial charge on any atom is -0.510 e. The predicted molar refractivity (Wildman–Crippen MR) is 158 cm³/mol. The lowest BCUT2D eigenvalue weighted by Gasteiger charge is -2.51. The van der Waals surface area contributed by atoms with Gasteiger partial charge in [0.1, 0.15) is 22.9 Å². The Morgan fingerprint density at radius 1 is 1.09 bits per heavy atom. The number of allylic oxidation sites excluding steroid dienone is 1. The van der Waals surface area contributed by atoms with Crippen LogP contribution in [0, 0.1) is 17.8 Å². The third-order valence-electron chi connectivity index (χ3n) is 10.4. The largest absolute Gasteiger partial charge is 0.510 e. The molecule has 0 spiro atoms. The molecule has 2 unspecified atom stereocenters. The Labute approximate surface area is 258 Å². The normalized spacial score (nSPS) is 33.3. The first-order chi connectivity index (χ1) is 21.2. The Balaban J connectivity index is 1.33. The van der Waals surface area contributed by atoms with Crippen molar-refractivity contribution in [3.63, 3.8) is 0 Å². The van der Waals surface area contributed by atoms with E-state index in [0.717, 1.165) is 11.3 Å². The highest BCUT2D eigenvalue weighted by molar-refractivity contribution is 6.24. The van der Waals surface area contributed by atoms with Gasteiger partial charge in [0.05, 0.1) is 17.2 Å². The highest BCUT2D eigenvalue weighted by Gasteiger charge is 2.67. The summed E-state index contributed by atoms with van der Waals surface area (Å²) in [6.45, 7) is 0.521. The molecule has 2 fully saturated rings. The van der Waals surface area contributed by atoms with Crippen molar-refractivity contribution in [3.05, 3.63) is 69.0 Å². The van der Waals surface area contributed by atoms with Crippen molar-refractivity contribution in [3.8, 4) is 11.5 Å². The molecular formula is C32H36N4O9. The number of amides is 1. The minimum absolute atomic E-state index is 0.0444. The van der Waals surface area contributed by atoms with Crippen molar-refractivity contribution in [1.29, 1.82) is 0 Å². The molecule has 45 heavy (non-hydrogen) atoms. The summed E-state index contributed by atoms with van der Waals surface area (Å²) in [5, 5.41) is 50.2. The second-order valence-corrected chi connectivity index (χ2v) is 13.2. The Morgan fingerprint density at radius 2 is 1.80 bits per heavy atom. The van der Waals surface area contributed by atoms with Crippen molar-refractivity contribution < 1.29 is 44.3 Å². The van der Waals surface area contributed by atoms with Gasteiger partial charge >= 0.3 is 0 Å². The van der Waals surface area contributed by atoms with Gasteiger partial charge in [-0.25, -0.2) is 0 Å². The molecule has 1 amide bonds. The van der Waals surface area contributed by atoms with Crippen molar-refractivity contribution in [1.82, 2.24) is 15.1 Å². The molecule has 6 atom stereocenters. The molecule has 13 nitrogen and oxygen atoms in total. The smallest absolute Gasteiger partial charge is 0.255 e. The second kappa shape index (κ2) is 9.59. The van der Waals surface area contributed by atoms with Gasteiger partial charge in [-0.15, -0.1) is 0 Å². The lowest BCUT2D eigenvalue weighted by atomic mass is 9.57. The fourth-order valence-corrected chi connectivity index (χ4v) is 8.32. The van der Waals surface area contributed by atoms with E-state index in [4.69, 9.17) is 15.2 Å². The summed E-state index contributed by atoms with van der Waals surface area (Å²) in [5.41, 5.74) is 3.44. The molecule has 0 saturated heterocycles. The predicted octanol–water partition coefficient (Wildman–Crippen LogP) is 0.867. The van der Waals surface area contributed by atoms with Gasteiger partial charge in [0.2, 0.25) is 12.6 Å². The molecule has 0 aromatic heterocycles. The van der Waals surface area contributed by atoms with Crippen LogP contribution in [0.15, 0.2) is 63.5 Å². The van der Waals surface area contributed by atoms with Gasteiger partial charge in [-0.1, -0.05) is 6.07 Å². The molecule has 13 heteroatoms. The second-order valence-electron chi connectivity index (χ2n) is 13.2. The third-order valence-corrected chi connectivity index (χ3v) is 10.4. The Bertz CT molecular complexity index is 1720. The SMILES string of the molecule is CN(C)C1=C2C[C@H]3C[C@H]4[C@H](N(C)C)C(=O)C(C(N)=O)=C(O)[C@@]4(O)C(=O)C3=C(O)C2=C(O)C2(NCc3ccc4c(c3)OCO4)CC12. The van der Waals surface area contributed by atoms with Crippen LogP contribution in [0.25, 0.3) is 0 Å². The number of aliphatic hydroxyl groups is 4. The van der Waals surface area contributed by atoms with Gasteiger partial charge < -0.3 is 45.9 Å². The van der Waals surface area contributed by atoms with Crippen LogP contribution in [0.2, 0.25) is 0 Å². The number of benzene rings is 1. The van der Waals surface area contributed by atoms with Crippen LogP contribution in [0.5, 0.6) is 11.5 Å². The molecule has 5 aliphatic carbocycles. The number of primary amides is 1. The summed E-state index contributed by atoms with van der Waals surface area (Å²) in [7, 11) is 6.93. The van der Waals surface area contributed by atoms with E-state index in [2.05, 4.69) is 5.32 Å². The minimum atomic E-state index is -2.68. The van der Waals surface area contributed by atoms with Crippen molar-refractivity contribution in [2.24, 2.45) is 23.5 Å². The number of hydrogen-bond acceptors (Lipinski definition) is 12. The average Bonchev–Trinajstić information content (AvgIpc) is 3.51. The van der Waals surface area contributed by atoms with E-state index in [9.17, 15) is 34.8 Å². The lowest BCUT2D eigenvalue weighted by Crippen LogP contribution is -2.65. The van der Waals surface area contributed by atoms with Gasteiger partial charge in [0, 0.05) is 43.7 Å². The van der Waals surface area contributed by atoms with Crippen molar-refractivity contribution in [2.75, 3.05) is 35.0 Å². The standard InChI is InChI=1S/C32H36N4O9/c1-35(2)23-15-8-14-9-16-24(36(3)4)26(38)22(30(33)42)29(41)32(16,43)28(40)20(14)25(37)21(15)27(39)31(10-17(23)31)34-11-13-5-6-18-19(7-13)45-12-44-18/h5-7,14,16-17,24,34,37,39,41,43H,8-12H2,1-4H3,(H2,33,42)/t14-,16-,17?,24-,31?,32-/m0/s1. The van der Waals surface area contributed by atoms with Gasteiger partial charge in [-0.2, -0.15) is 0 Å². The average molecular weight is 621 g/mol. The number of likely N-dealkylation sites (N-methyl/N-ethyl adjacent to an activating group) is 1. The fourth-order valence-electron chi connectivity index (χ4n) is 8.32. The molecule has 0 radical (unpaired) electrons.